The van der Waals surface area contributed by atoms with Gasteiger partial charge in [-0.05, 0) is 36.8 Å². The van der Waals surface area contributed by atoms with Gasteiger partial charge in [0.15, 0.2) is 0 Å². The molecule has 0 aliphatic rings. The number of hydrogen-bond donors (Lipinski definition) is 1. The summed E-state index contributed by atoms with van der Waals surface area (Å²) in [5, 5.41) is 0. The van der Waals surface area contributed by atoms with Crippen LogP contribution in [0.2, 0.25) is 0 Å². The maximum Gasteiger partial charge on any atom is 0.244 e. The highest BCUT2D eigenvalue weighted by atomic mass is 32.2. The molecule has 0 spiro atoms. The summed E-state index contributed by atoms with van der Waals surface area (Å²) >= 11 is 0. The van der Waals surface area contributed by atoms with Crippen molar-refractivity contribution in [2.24, 2.45) is 0 Å². The summed E-state index contributed by atoms with van der Waals surface area (Å²) in [6, 6.07) is 9.63. The van der Waals surface area contributed by atoms with Gasteiger partial charge in [0.25, 0.3) is 0 Å². The van der Waals surface area contributed by atoms with Gasteiger partial charge in [-0.1, -0.05) is 12.1 Å². The summed E-state index contributed by atoms with van der Waals surface area (Å²) in [6.45, 7) is 1.68. The second kappa shape index (κ2) is 6.97. The van der Waals surface area contributed by atoms with Crippen LogP contribution in [0.3, 0.4) is 0 Å². The highest BCUT2D eigenvalue weighted by molar-refractivity contribution is 7.89. The van der Waals surface area contributed by atoms with E-state index in [4.69, 9.17) is 9.47 Å². The van der Waals surface area contributed by atoms with Gasteiger partial charge in [0.05, 0.1) is 14.2 Å². The number of ether oxygens (including phenoxy) is 2. The molecule has 2 rings (SSSR count). The molecule has 0 aliphatic carbocycles. The smallest absolute Gasteiger partial charge is 0.244 e. The normalized spacial score (nSPS) is 12.7. The fraction of sp³-hybridized carbons (Fsp3) is 0.250. The minimum absolute atomic E-state index is 0.0201. The van der Waals surface area contributed by atoms with Crippen molar-refractivity contribution in [3.8, 4) is 11.5 Å². The van der Waals surface area contributed by atoms with Gasteiger partial charge in [0, 0.05) is 12.1 Å². The van der Waals surface area contributed by atoms with E-state index in [1.54, 1.807) is 13.0 Å². The molecular weight excluding hydrogens is 321 g/mol. The van der Waals surface area contributed by atoms with Crippen LogP contribution in [-0.2, 0) is 10.0 Å². The molecule has 0 saturated heterocycles. The number of nitrogens with one attached hydrogen (secondary N) is 1. The molecule has 0 saturated carbocycles. The van der Waals surface area contributed by atoms with Crippen LogP contribution in [-0.4, -0.2) is 22.6 Å². The third-order valence-electron chi connectivity index (χ3n) is 3.36. The lowest BCUT2D eigenvalue weighted by Gasteiger charge is -2.17. The first kappa shape index (κ1) is 17.2. The maximum atomic E-state index is 13.0. The van der Waals surface area contributed by atoms with Crippen LogP contribution >= 0.6 is 0 Å². The zero-order valence-corrected chi connectivity index (χ0v) is 13.9. The molecule has 0 unspecified atom stereocenters. The zero-order valence-electron chi connectivity index (χ0n) is 13.0. The molecule has 0 aromatic heterocycles. The highest BCUT2D eigenvalue weighted by Gasteiger charge is 2.23. The van der Waals surface area contributed by atoms with Gasteiger partial charge < -0.3 is 9.47 Å². The maximum absolute atomic E-state index is 13.0. The number of halogens is 1. The molecule has 124 valence electrons. The van der Waals surface area contributed by atoms with Crippen LogP contribution < -0.4 is 14.2 Å². The van der Waals surface area contributed by atoms with E-state index in [1.807, 2.05) is 0 Å². The van der Waals surface area contributed by atoms with Crippen molar-refractivity contribution in [1.82, 2.24) is 4.72 Å². The van der Waals surface area contributed by atoms with Gasteiger partial charge in [-0.15, -0.1) is 0 Å². The van der Waals surface area contributed by atoms with E-state index in [9.17, 15) is 12.8 Å². The summed E-state index contributed by atoms with van der Waals surface area (Å²) in [5.74, 6) is 0.239. The van der Waals surface area contributed by atoms with Crippen LogP contribution in [0.15, 0.2) is 47.4 Å². The lowest BCUT2D eigenvalue weighted by atomic mass is 10.1. The van der Waals surface area contributed by atoms with Crippen molar-refractivity contribution in [2.75, 3.05) is 14.2 Å². The first-order valence-corrected chi connectivity index (χ1v) is 8.35. The first-order valence-electron chi connectivity index (χ1n) is 6.87. The molecule has 0 radical (unpaired) electrons. The number of sulfonamides is 1. The zero-order chi connectivity index (χ0) is 17.0. The molecule has 0 bridgehead atoms. The number of hydrogen-bond acceptors (Lipinski definition) is 4. The van der Waals surface area contributed by atoms with E-state index in [0.29, 0.717) is 11.3 Å². The van der Waals surface area contributed by atoms with E-state index in [1.165, 1.54) is 50.6 Å². The SMILES string of the molecule is COc1ccc(OC)c(S(=O)(=O)N[C@@H](C)c2ccc(F)cc2)c1. The molecular formula is C16H18FNO4S. The minimum atomic E-state index is -3.84. The molecule has 0 heterocycles. The van der Waals surface area contributed by atoms with Crippen molar-refractivity contribution >= 4 is 10.0 Å². The van der Waals surface area contributed by atoms with Gasteiger partial charge in [0.1, 0.15) is 22.2 Å². The van der Waals surface area contributed by atoms with E-state index in [0.717, 1.165) is 0 Å². The Balaban J connectivity index is 2.33. The molecule has 1 atom stereocenters. The summed E-state index contributed by atoms with van der Waals surface area (Å²) in [5.41, 5.74) is 0.650. The largest absolute Gasteiger partial charge is 0.497 e. The topological polar surface area (TPSA) is 64.6 Å². The predicted molar refractivity (Wildman–Crippen MR) is 84.7 cm³/mol. The Bertz CT molecular complexity index is 775. The van der Waals surface area contributed by atoms with Crippen LogP contribution in [0.5, 0.6) is 11.5 Å². The Hall–Kier alpha value is -2.12. The van der Waals surface area contributed by atoms with E-state index >= 15 is 0 Å². The molecule has 2 aromatic carbocycles. The van der Waals surface area contributed by atoms with Gasteiger partial charge in [-0.25, -0.2) is 17.5 Å². The molecule has 2 aromatic rings. The quantitative estimate of drug-likeness (QED) is 0.879. The lowest BCUT2D eigenvalue weighted by molar-refractivity contribution is 0.391. The fourth-order valence-electron chi connectivity index (χ4n) is 2.11. The molecule has 0 aliphatic heterocycles. The molecule has 7 heteroatoms. The van der Waals surface area contributed by atoms with Gasteiger partial charge >= 0.3 is 0 Å². The van der Waals surface area contributed by atoms with Crippen LogP contribution in [0.1, 0.15) is 18.5 Å². The Morgan fingerprint density at radius 1 is 1.04 bits per heavy atom. The third kappa shape index (κ3) is 4.00. The van der Waals surface area contributed by atoms with Gasteiger partial charge in [-0.2, -0.15) is 0 Å². The number of rotatable bonds is 6. The van der Waals surface area contributed by atoms with Crippen molar-refractivity contribution in [2.45, 2.75) is 17.9 Å². The lowest BCUT2D eigenvalue weighted by Crippen LogP contribution is -2.27. The van der Waals surface area contributed by atoms with Crippen molar-refractivity contribution in [1.29, 1.82) is 0 Å². The molecule has 5 nitrogen and oxygen atoms in total. The Kier molecular flexibility index (Phi) is 5.23. The molecule has 0 amide bonds. The fourth-order valence-corrected chi connectivity index (χ4v) is 3.53. The second-order valence-electron chi connectivity index (χ2n) is 4.91. The van der Waals surface area contributed by atoms with Crippen molar-refractivity contribution in [3.63, 3.8) is 0 Å². The Labute approximate surface area is 135 Å². The summed E-state index contributed by atoms with van der Waals surface area (Å²) in [4.78, 5) is -0.0201. The third-order valence-corrected chi connectivity index (χ3v) is 4.92. The average Bonchev–Trinajstić information content (AvgIpc) is 2.54. The summed E-state index contributed by atoms with van der Waals surface area (Å²) < 4.78 is 50.9. The molecule has 23 heavy (non-hydrogen) atoms. The molecule has 1 N–H and O–H groups in total. The van der Waals surface area contributed by atoms with Crippen LogP contribution in [0.4, 0.5) is 4.39 Å². The second-order valence-corrected chi connectivity index (χ2v) is 6.59. The van der Waals surface area contributed by atoms with E-state index in [-0.39, 0.29) is 16.5 Å². The minimum Gasteiger partial charge on any atom is -0.497 e. The summed E-state index contributed by atoms with van der Waals surface area (Å²) in [7, 11) is -0.998. The average molecular weight is 339 g/mol. The van der Waals surface area contributed by atoms with Crippen LogP contribution in [0, 0.1) is 5.82 Å². The number of methoxy groups -OCH3 is 2. The Morgan fingerprint density at radius 2 is 1.70 bits per heavy atom. The van der Waals surface area contributed by atoms with Gasteiger partial charge in [-0.3, -0.25) is 0 Å². The Morgan fingerprint density at radius 3 is 2.26 bits per heavy atom. The number of benzene rings is 2. The van der Waals surface area contributed by atoms with Gasteiger partial charge in [0.2, 0.25) is 10.0 Å². The van der Waals surface area contributed by atoms with E-state index < -0.39 is 16.1 Å². The standard InChI is InChI=1S/C16H18FNO4S/c1-11(12-4-6-13(17)7-5-12)18-23(19,20)16-10-14(21-2)8-9-15(16)22-3/h4-11,18H,1-3H3/t11-/m0/s1. The molecule has 0 fully saturated rings. The van der Waals surface area contributed by atoms with Crippen molar-refractivity contribution < 1.29 is 22.3 Å². The summed E-state index contributed by atoms with van der Waals surface area (Å²) in [6.07, 6.45) is 0. The van der Waals surface area contributed by atoms with E-state index in [2.05, 4.69) is 4.72 Å². The van der Waals surface area contributed by atoms with Crippen molar-refractivity contribution in [3.05, 3.63) is 53.8 Å². The first-order chi connectivity index (χ1) is 10.9. The predicted octanol–water partition coefficient (Wildman–Crippen LogP) is 2.88. The highest BCUT2D eigenvalue weighted by Crippen LogP contribution is 2.29. The van der Waals surface area contributed by atoms with Crippen LogP contribution in [0.25, 0.3) is 0 Å². The monoisotopic (exact) mass is 339 g/mol.